The third kappa shape index (κ3) is 1.79. The van der Waals surface area contributed by atoms with Crippen LogP contribution in [0.4, 0.5) is 13.2 Å². The van der Waals surface area contributed by atoms with Crippen LogP contribution in [0.1, 0.15) is 24.5 Å². The average molecular weight is 239 g/mol. The van der Waals surface area contributed by atoms with Crippen molar-refractivity contribution in [2.45, 2.75) is 18.8 Å². The number of hydrogen-bond donors (Lipinski definition) is 0. The lowest BCUT2D eigenvalue weighted by atomic mass is 10.3. The zero-order chi connectivity index (χ0) is 12.0. The molecule has 0 unspecified atom stereocenters. The molecule has 1 aliphatic carbocycles. The highest BCUT2D eigenvalue weighted by molar-refractivity contribution is 5.26. The van der Waals surface area contributed by atoms with Gasteiger partial charge in [-0.3, -0.25) is 0 Å². The van der Waals surface area contributed by atoms with E-state index >= 15 is 0 Å². The van der Waals surface area contributed by atoms with Crippen LogP contribution in [0.2, 0.25) is 0 Å². The van der Waals surface area contributed by atoms with Gasteiger partial charge < -0.3 is 0 Å². The molecule has 6 heteroatoms. The van der Waals surface area contributed by atoms with Crippen molar-refractivity contribution in [3.05, 3.63) is 41.6 Å². The highest BCUT2D eigenvalue weighted by Gasteiger charge is 2.26. The molecule has 0 atom stereocenters. The van der Waals surface area contributed by atoms with Crippen molar-refractivity contribution in [2.24, 2.45) is 0 Å². The Morgan fingerprint density at radius 1 is 1.18 bits per heavy atom. The number of halogens is 3. The third-order valence-corrected chi connectivity index (χ3v) is 2.69. The lowest BCUT2D eigenvalue weighted by Gasteiger charge is -2.02. The molecule has 88 valence electrons. The van der Waals surface area contributed by atoms with Gasteiger partial charge in [-0.25, -0.2) is 13.5 Å². The van der Waals surface area contributed by atoms with Gasteiger partial charge in [-0.1, -0.05) is 0 Å². The van der Waals surface area contributed by atoms with Crippen LogP contribution in [-0.2, 0) is 0 Å². The second-order valence-electron chi connectivity index (χ2n) is 4.03. The summed E-state index contributed by atoms with van der Waals surface area (Å²) in [6.45, 7) is 0. The fourth-order valence-corrected chi connectivity index (χ4v) is 1.65. The second-order valence-corrected chi connectivity index (χ2v) is 4.03. The van der Waals surface area contributed by atoms with Crippen LogP contribution in [-0.4, -0.2) is 14.8 Å². The van der Waals surface area contributed by atoms with Gasteiger partial charge in [0.15, 0.2) is 17.5 Å². The molecular weight excluding hydrogens is 231 g/mol. The summed E-state index contributed by atoms with van der Waals surface area (Å²) in [6, 6.07) is 2.20. The van der Waals surface area contributed by atoms with Crippen molar-refractivity contribution < 1.29 is 13.2 Å². The zero-order valence-electron chi connectivity index (χ0n) is 8.70. The maximum atomic E-state index is 13.4. The fraction of sp³-hybridized carbons (Fsp3) is 0.273. The molecule has 0 N–H and O–H groups in total. The third-order valence-electron chi connectivity index (χ3n) is 2.69. The molecule has 0 saturated heterocycles. The Balaban J connectivity index is 2.04. The van der Waals surface area contributed by atoms with Crippen LogP contribution in [0.15, 0.2) is 18.3 Å². The van der Waals surface area contributed by atoms with E-state index in [2.05, 4.69) is 10.1 Å². The summed E-state index contributed by atoms with van der Waals surface area (Å²) in [5.41, 5.74) is 0.830. The molecule has 3 nitrogen and oxygen atoms in total. The number of nitrogens with zero attached hydrogens (tertiary/aromatic N) is 3. The quantitative estimate of drug-likeness (QED) is 0.754. The summed E-state index contributed by atoms with van der Waals surface area (Å²) in [4.78, 5) is 3.22. The molecule has 0 aromatic carbocycles. The summed E-state index contributed by atoms with van der Waals surface area (Å²) in [5, 5.41) is 4.10. The molecule has 0 radical (unpaired) electrons. The van der Waals surface area contributed by atoms with E-state index in [1.54, 1.807) is 6.07 Å². The van der Waals surface area contributed by atoms with Crippen LogP contribution in [0, 0.1) is 17.6 Å². The van der Waals surface area contributed by atoms with Gasteiger partial charge in [-0.05, 0) is 18.9 Å². The summed E-state index contributed by atoms with van der Waals surface area (Å²) in [6.07, 6.45) is 3.62. The monoisotopic (exact) mass is 239 g/mol. The number of pyridine rings is 1. The molecule has 0 bridgehead atoms. The summed E-state index contributed by atoms with van der Waals surface area (Å²) >= 11 is 0. The Morgan fingerprint density at radius 3 is 2.65 bits per heavy atom. The van der Waals surface area contributed by atoms with Gasteiger partial charge in [-0.15, -0.1) is 0 Å². The van der Waals surface area contributed by atoms with Crippen LogP contribution in [0.25, 0.3) is 5.82 Å². The van der Waals surface area contributed by atoms with Crippen molar-refractivity contribution in [1.29, 1.82) is 0 Å². The normalized spacial score (nSPS) is 15.2. The number of aromatic nitrogens is 3. The standard InChI is InChI=1S/C11H8F3N3/c12-7-5-8(13)11(15-10(7)14)17-4-3-9(16-17)6-1-2-6/h3-6H,1-2H2. The van der Waals surface area contributed by atoms with Crippen molar-refractivity contribution in [1.82, 2.24) is 14.8 Å². The molecule has 1 aliphatic rings. The number of hydrogen-bond acceptors (Lipinski definition) is 2. The molecule has 3 rings (SSSR count). The van der Waals surface area contributed by atoms with E-state index in [0.29, 0.717) is 12.0 Å². The molecule has 2 aromatic heterocycles. The molecule has 1 saturated carbocycles. The first kappa shape index (κ1) is 10.3. The topological polar surface area (TPSA) is 30.7 Å². The molecule has 0 spiro atoms. The van der Waals surface area contributed by atoms with Gasteiger partial charge >= 0.3 is 0 Å². The zero-order valence-corrected chi connectivity index (χ0v) is 8.70. The Morgan fingerprint density at radius 2 is 1.94 bits per heavy atom. The Labute approximate surface area is 94.9 Å². The minimum absolute atomic E-state index is 0.323. The van der Waals surface area contributed by atoms with E-state index in [-0.39, 0.29) is 5.82 Å². The summed E-state index contributed by atoms with van der Waals surface area (Å²) < 4.78 is 40.2. The van der Waals surface area contributed by atoms with Gasteiger partial charge in [0, 0.05) is 18.2 Å². The van der Waals surface area contributed by atoms with Gasteiger partial charge in [0.2, 0.25) is 0 Å². The first-order valence-corrected chi connectivity index (χ1v) is 5.22. The van der Waals surface area contributed by atoms with Gasteiger partial charge in [-0.2, -0.15) is 14.5 Å². The largest absolute Gasteiger partial charge is 0.251 e. The van der Waals surface area contributed by atoms with Crippen LogP contribution < -0.4 is 0 Å². The first-order valence-electron chi connectivity index (χ1n) is 5.22. The van der Waals surface area contributed by atoms with Gasteiger partial charge in [0.05, 0.1) is 5.69 Å². The Hall–Kier alpha value is -1.85. The summed E-state index contributed by atoms with van der Waals surface area (Å²) in [5.74, 6) is -3.49. The Kier molecular flexibility index (Phi) is 2.17. The van der Waals surface area contributed by atoms with Crippen LogP contribution in [0.3, 0.4) is 0 Å². The smallest absolute Gasteiger partial charge is 0.220 e. The second kappa shape index (κ2) is 3.58. The van der Waals surface area contributed by atoms with E-state index in [1.807, 2.05) is 0 Å². The van der Waals surface area contributed by atoms with Crippen molar-refractivity contribution in [2.75, 3.05) is 0 Å². The minimum atomic E-state index is -1.33. The lowest BCUT2D eigenvalue weighted by Crippen LogP contribution is -2.05. The lowest BCUT2D eigenvalue weighted by molar-refractivity contribution is 0.458. The maximum Gasteiger partial charge on any atom is 0.251 e. The molecule has 17 heavy (non-hydrogen) atoms. The predicted molar refractivity (Wildman–Crippen MR) is 53.2 cm³/mol. The predicted octanol–water partition coefficient (Wildman–Crippen LogP) is 2.56. The van der Waals surface area contributed by atoms with Crippen molar-refractivity contribution in [3.8, 4) is 5.82 Å². The van der Waals surface area contributed by atoms with Gasteiger partial charge in [0.25, 0.3) is 5.95 Å². The van der Waals surface area contributed by atoms with E-state index in [9.17, 15) is 13.2 Å². The molecule has 1 fully saturated rings. The number of rotatable bonds is 2. The SMILES string of the molecule is Fc1cc(F)c(-n2ccc(C3CC3)n2)nc1F. The molecule has 2 aromatic rings. The van der Waals surface area contributed by atoms with Crippen molar-refractivity contribution >= 4 is 0 Å². The van der Waals surface area contributed by atoms with E-state index < -0.39 is 17.6 Å². The highest BCUT2D eigenvalue weighted by Crippen LogP contribution is 2.39. The van der Waals surface area contributed by atoms with E-state index in [4.69, 9.17) is 0 Å². The van der Waals surface area contributed by atoms with E-state index in [0.717, 1.165) is 23.2 Å². The molecular formula is C11H8F3N3. The first-order chi connectivity index (χ1) is 8.15. The molecule has 2 heterocycles. The summed E-state index contributed by atoms with van der Waals surface area (Å²) in [7, 11) is 0. The average Bonchev–Trinajstić information content (AvgIpc) is 3.03. The Bertz CT molecular complexity index is 575. The molecule has 0 aliphatic heterocycles. The van der Waals surface area contributed by atoms with Crippen molar-refractivity contribution in [3.63, 3.8) is 0 Å². The van der Waals surface area contributed by atoms with Gasteiger partial charge in [0.1, 0.15) is 0 Å². The van der Waals surface area contributed by atoms with E-state index in [1.165, 1.54) is 6.20 Å². The fourth-order valence-electron chi connectivity index (χ4n) is 1.65. The highest BCUT2D eigenvalue weighted by atomic mass is 19.2. The maximum absolute atomic E-state index is 13.4. The van der Waals surface area contributed by atoms with Crippen LogP contribution >= 0.6 is 0 Å². The minimum Gasteiger partial charge on any atom is -0.220 e. The molecule has 0 amide bonds. The van der Waals surface area contributed by atoms with Crippen LogP contribution in [0.5, 0.6) is 0 Å².